The Morgan fingerprint density at radius 3 is 2.75 bits per heavy atom. The van der Waals surface area contributed by atoms with E-state index in [1.165, 1.54) is 0 Å². The molecule has 0 amide bonds. The van der Waals surface area contributed by atoms with Crippen LogP contribution in [0.2, 0.25) is 0 Å². The molecule has 2 heterocycles. The summed E-state index contributed by atoms with van der Waals surface area (Å²) in [5.41, 5.74) is 0. The lowest BCUT2D eigenvalue weighted by Gasteiger charge is -2.27. The van der Waals surface area contributed by atoms with Crippen molar-refractivity contribution < 1.29 is 5.11 Å². The number of aliphatic hydroxyl groups excluding tert-OH is 1. The molecule has 4 heteroatoms. The molecule has 2 N–H and O–H groups in total. The van der Waals surface area contributed by atoms with Crippen molar-refractivity contribution in [2.24, 2.45) is 5.92 Å². The van der Waals surface area contributed by atoms with E-state index >= 15 is 0 Å². The largest absolute Gasteiger partial charge is 0.385 e. The van der Waals surface area contributed by atoms with Gasteiger partial charge in [0.15, 0.2) is 0 Å². The lowest BCUT2D eigenvalue weighted by Crippen LogP contribution is -2.31. The first-order valence-corrected chi connectivity index (χ1v) is 6.11. The molecule has 0 aliphatic carbocycles. The van der Waals surface area contributed by atoms with Gasteiger partial charge in [0.05, 0.1) is 0 Å². The molecule has 90 valence electrons. The van der Waals surface area contributed by atoms with Gasteiger partial charge < -0.3 is 15.0 Å². The summed E-state index contributed by atoms with van der Waals surface area (Å²) in [6.45, 7) is 6.23. The molecule has 4 nitrogen and oxygen atoms in total. The number of nitrogens with zero attached hydrogens (tertiary/aromatic N) is 2. The van der Waals surface area contributed by atoms with Crippen molar-refractivity contribution in [2.45, 2.75) is 38.8 Å². The van der Waals surface area contributed by atoms with E-state index in [0.29, 0.717) is 12.0 Å². The number of imidazole rings is 1. The lowest BCUT2D eigenvalue weighted by atomic mass is 9.91. The normalized spacial score (nSPS) is 20.2. The summed E-state index contributed by atoms with van der Waals surface area (Å²) in [6.07, 6.45) is 5.38. The third-order valence-electron chi connectivity index (χ3n) is 3.35. The summed E-state index contributed by atoms with van der Waals surface area (Å²) >= 11 is 0. The smallest absolute Gasteiger partial charge is 0.138 e. The van der Waals surface area contributed by atoms with Crippen LogP contribution in [-0.2, 0) is 0 Å². The fourth-order valence-corrected chi connectivity index (χ4v) is 2.36. The van der Waals surface area contributed by atoms with E-state index in [0.717, 1.165) is 31.8 Å². The zero-order valence-corrected chi connectivity index (χ0v) is 10.1. The number of nitrogens with one attached hydrogen (secondary N) is 1. The van der Waals surface area contributed by atoms with Crippen molar-refractivity contribution in [3.63, 3.8) is 0 Å². The van der Waals surface area contributed by atoms with Gasteiger partial charge in [0.25, 0.3) is 0 Å². The summed E-state index contributed by atoms with van der Waals surface area (Å²) < 4.78 is 2.06. The van der Waals surface area contributed by atoms with Crippen LogP contribution in [0, 0.1) is 5.92 Å². The zero-order valence-electron chi connectivity index (χ0n) is 10.1. The number of rotatable bonds is 3. The van der Waals surface area contributed by atoms with Gasteiger partial charge in [-0.15, -0.1) is 0 Å². The Kier molecular flexibility index (Phi) is 3.61. The van der Waals surface area contributed by atoms with Gasteiger partial charge in [0, 0.05) is 18.4 Å². The Labute approximate surface area is 96.7 Å². The molecular formula is C12H21N3O. The fraction of sp³-hybridized carbons (Fsp3) is 0.750. The van der Waals surface area contributed by atoms with Crippen LogP contribution >= 0.6 is 0 Å². The Bertz CT molecular complexity index is 329. The predicted octanol–water partition coefficient (Wildman–Crippen LogP) is 1.50. The van der Waals surface area contributed by atoms with Crippen LogP contribution in [0.1, 0.15) is 44.7 Å². The summed E-state index contributed by atoms with van der Waals surface area (Å²) in [7, 11) is 0. The third-order valence-corrected chi connectivity index (χ3v) is 3.35. The van der Waals surface area contributed by atoms with E-state index in [1.807, 2.05) is 6.20 Å². The summed E-state index contributed by atoms with van der Waals surface area (Å²) in [5, 5.41) is 13.7. The molecule has 0 saturated carbocycles. The van der Waals surface area contributed by atoms with Crippen LogP contribution in [0.25, 0.3) is 0 Å². The van der Waals surface area contributed by atoms with Crippen LogP contribution in [0.4, 0.5) is 0 Å². The van der Waals surface area contributed by atoms with Gasteiger partial charge in [-0.2, -0.15) is 0 Å². The Morgan fingerprint density at radius 2 is 2.12 bits per heavy atom. The maximum Gasteiger partial charge on any atom is 0.138 e. The molecule has 1 aromatic heterocycles. The van der Waals surface area contributed by atoms with Crippen molar-refractivity contribution >= 4 is 0 Å². The average Bonchev–Trinajstić information content (AvgIpc) is 2.78. The molecule has 1 unspecified atom stereocenters. The SMILES string of the molecule is CC(C)n1ccnc1C(O)C1CCNCC1. The van der Waals surface area contributed by atoms with E-state index in [1.54, 1.807) is 6.20 Å². The van der Waals surface area contributed by atoms with Gasteiger partial charge in [0.2, 0.25) is 0 Å². The lowest BCUT2D eigenvalue weighted by molar-refractivity contribution is 0.0768. The van der Waals surface area contributed by atoms with Gasteiger partial charge in [-0.3, -0.25) is 0 Å². The van der Waals surface area contributed by atoms with E-state index in [4.69, 9.17) is 0 Å². The number of aromatic nitrogens is 2. The molecule has 2 rings (SSSR count). The van der Waals surface area contributed by atoms with Crippen LogP contribution in [0.5, 0.6) is 0 Å². The monoisotopic (exact) mass is 223 g/mol. The van der Waals surface area contributed by atoms with E-state index in [2.05, 4.69) is 28.7 Å². The van der Waals surface area contributed by atoms with Crippen LogP contribution in [0.3, 0.4) is 0 Å². The molecule has 1 atom stereocenters. The molecule has 0 spiro atoms. The van der Waals surface area contributed by atoms with Crippen molar-refractivity contribution in [1.29, 1.82) is 0 Å². The first-order chi connectivity index (χ1) is 7.70. The molecule has 1 aromatic rings. The Hall–Kier alpha value is -0.870. The standard InChI is InChI=1S/C12H21N3O/c1-9(2)15-8-7-14-12(15)11(16)10-3-5-13-6-4-10/h7-11,13,16H,3-6H2,1-2H3. The van der Waals surface area contributed by atoms with E-state index in [9.17, 15) is 5.11 Å². The second-order valence-corrected chi connectivity index (χ2v) is 4.82. The molecule has 0 radical (unpaired) electrons. The molecule has 16 heavy (non-hydrogen) atoms. The second-order valence-electron chi connectivity index (χ2n) is 4.82. The third kappa shape index (κ3) is 2.28. The van der Waals surface area contributed by atoms with Gasteiger partial charge in [-0.25, -0.2) is 4.98 Å². The number of aliphatic hydroxyl groups is 1. The maximum absolute atomic E-state index is 10.4. The highest BCUT2D eigenvalue weighted by Crippen LogP contribution is 2.28. The summed E-state index contributed by atoms with van der Waals surface area (Å²) in [6, 6.07) is 0.355. The zero-order chi connectivity index (χ0) is 11.5. The Morgan fingerprint density at radius 1 is 1.44 bits per heavy atom. The second kappa shape index (κ2) is 4.97. The van der Waals surface area contributed by atoms with Crippen molar-refractivity contribution in [1.82, 2.24) is 14.9 Å². The summed E-state index contributed by atoms with van der Waals surface area (Å²) in [5.74, 6) is 1.17. The predicted molar refractivity (Wildman–Crippen MR) is 63.2 cm³/mol. The first-order valence-electron chi connectivity index (χ1n) is 6.11. The molecule has 1 aliphatic heterocycles. The highest BCUT2D eigenvalue weighted by molar-refractivity contribution is 5.00. The number of piperidine rings is 1. The molecule has 0 aromatic carbocycles. The van der Waals surface area contributed by atoms with Gasteiger partial charge >= 0.3 is 0 Å². The van der Waals surface area contributed by atoms with Crippen LogP contribution < -0.4 is 5.32 Å². The van der Waals surface area contributed by atoms with Crippen LogP contribution in [0.15, 0.2) is 12.4 Å². The quantitative estimate of drug-likeness (QED) is 0.816. The fourth-order valence-electron chi connectivity index (χ4n) is 2.36. The van der Waals surface area contributed by atoms with Crippen molar-refractivity contribution in [3.05, 3.63) is 18.2 Å². The van der Waals surface area contributed by atoms with Crippen molar-refractivity contribution in [2.75, 3.05) is 13.1 Å². The minimum Gasteiger partial charge on any atom is -0.385 e. The maximum atomic E-state index is 10.4. The molecular weight excluding hydrogens is 202 g/mol. The summed E-state index contributed by atoms with van der Waals surface area (Å²) in [4.78, 5) is 4.31. The molecule has 1 aliphatic rings. The number of hydrogen-bond donors (Lipinski definition) is 2. The number of hydrogen-bond acceptors (Lipinski definition) is 3. The topological polar surface area (TPSA) is 50.1 Å². The minimum absolute atomic E-state index is 0.348. The molecule has 1 saturated heterocycles. The Balaban J connectivity index is 2.12. The highest BCUT2D eigenvalue weighted by Gasteiger charge is 2.26. The van der Waals surface area contributed by atoms with Gasteiger partial charge in [-0.1, -0.05) is 0 Å². The highest BCUT2D eigenvalue weighted by atomic mass is 16.3. The average molecular weight is 223 g/mol. The van der Waals surface area contributed by atoms with E-state index in [-0.39, 0.29) is 0 Å². The minimum atomic E-state index is -0.417. The molecule has 1 fully saturated rings. The van der Waals surface area contributed by atoms with Crippen LogP contribution in [-0.4, -0.2) is 27.7 Å². The first kappa shape index (κ1) is 11.6. The molecule has 0 bridgehead atoms. The van der Waals surface area contributed by atoms with Crippen molar-refractivity contribution in [3.8, 4) is 0 Å². The van der Waals surface area contributed by atoms with E-state index < -0.39 is 6.10 Å². The van der Waals surface area contributed by atoms with Gasteiger partial charge in [0.1, 0.15) is 11.9 Å². The van der Waals surface area contributed by atoms with Gasteiger partial charge in [-0.05, 0) is 45.7 Å².